The van der Waals surface area contributed by atoms with Crippen molar-refractivity contribution >= 4 is 34.3 Å². The molecular weight excluding hydrogens is 332 g/mol. The molecule has 1 saturated heterocycles. The molecule has 23 heavy (non-hydrogen) atoms. The van der Waals surface area contributed by atoms with Gasteiger partial charge in [-0.15, -0.1) is 0 Å². The molecule has 124 valence electrons. The van der Waals surface area contributed by atoms with Gasteiger partial charge in [0.1, 0.15) is 0 Å². The molecule has 1 aliphatic heterocycles. The highest BCUT2D eigenvalue weighted by molar-refractivity contribution is 7.99. The maximum absolute atomic E-state index is 12.8. The third-order valence-electron chi connectivity index (χ3n) is 4.02. The van der Waals surface area contributed by atoms with Gasteiger partial charge in [0.05, 0.1) is 17.0 Å². The molecule has 2 aromatic rings. The average Bonchev–Trinajstić information content (AvgIpc) is 2.53. The lowest BCUT2D eigenvalue weighted by molar-refractivity contribution is 0.0315. The molecule has 0 radical (unpaired) electrons. The van der Waals surface area contributed by atoms with Gasteiger partial charge in [-0.1, -0.05) is 23.4 Å². The molecule has 0 amide bonds. The second-order valence-corrected chi connectivity index (χ2v) is 7.55. The second kappa shape index (κ2) is 7.24. The number of hydrogen-bond donors (Lipinski definition) is 0. The van der Waals surface area contributed by atoms with E-state index in [9.17, 15) is 4.79 Å². The molecule has 3 rings (SSSR count). The monoisotopic (exact) mass is 352 g/mol. The van der Waals surface area contributed by atoms with Crippen LogP contribution in [-0.4, -0.2) is 28.0 Å². The van der Waals surface area contributed by atoms with E-state index < -0.39 is 0 Å². The lowest BCUT2D eigenvalue weighted by Gasteiger charge is -2.23. The van der Waals surface area contributed by atoms with Crippen LogP contribution in [0.1, 0.15) is 39.2 Å². The molecule has 1 fully saturated rings. The Kier molecular flexibility index (Phi) is 5.29. The Morgan fingerprint density at radius 1 is 1.43 bits per heavy atom. The number of hydrogen-bond acceptors (Lipinski definition) is 4. The maximum atomic E-state index is 12.8. The largest absolute Gasteiger partial charge is 0.377 e. The quantitative estimate of drug-likeness (QED) is 0.608. The Labute approximate surface area is 145 Å². The number of fused-ring (bicyclic) bond motifs is 1. The SMILES string of the molecule is CC(C)n1c(SC[C@@H]2CCCCO2)nc2cc(Cl)ccc2c1=O. The van der Waals surface area contributed by atoms with Gasteiger partial charge in [-0.05, 0) is 51.3 Å². The van der Waals surface area contributed by atoms with Gasteiger partial charge in [0.2, 0.25) is 0 Å². The molecule has 6 heteroatoms. The zero-order valence-electron chi connectivity index (χ0n) is 13.4. The van der Waals surface area contributed by atoms with Crippen molar-refractivity contribution in [3.8, 4) is 0 Å². The van der Waals surface area contributed by atoms with Gasteiger partial charge < -0.3 is 4.74 Å². The molecule has 4 nitrogen and oxygen atoms in total. The van der Waals surface area contributed by atoms with E-state index in [-0.39, 0.29) is 17.7 Å². The van der Waals surface area contributed by atoms with Crippen molar-refractivity contribution in [2.75, 3.05) is 12.4 Å². The van der Waals surface area contributed by atoms with Crippen molar-refractivity contribution in [2.45, 2.75) is 50.4 Å². The highest BCUT2D eigenvalue weighted by Gasteiger charge is 2.18. The normalized spacial score (nSPS) is 18.7. The van der Waals surface area contributed by atoms with Gasteiger partial charge in [0.25, 0.3) is 5.56 Å². The van der Waals surface area contributed by atoms with Crippen molar-refractivity contribution in [1.82, 2.24) is 9.55 Å². The first-order valence-electron chi connectivity index (χ1n) is 8.02. The molecule has 1 aliphatic rings. The standard InChI is InChI=1S/C17H21ClN2O2S/c1-11(2)20-16(21)14-7-6-12(18)9-15(14)19-17(20)23-10-13-5-3-4-8-22-13/h6-7,9,11,13H,3-5,8,10H2,1-2H3/t13-/m0/s1. The van der Waals surface area contributed by atoms with E-state index in [2.05, 4.69) is 4.98 Å². The van der Waals surface area contributed by atoms with E-state index in [1.165, 1.54) is 6.42 Å². The van der Waals surface area contributed by atoms with Gasteiger partial charge in [0, 0.05) is 23.4 Å². The van der Waals surface area contributed by atoms with Crippen LogP contribution in [0, 0.1) is 0 Å². The van der Waals surface area contributed by atoms with E-state index in [0.717, 1.165) is 30.4 Å². The van der Waals surface area contributed by atoms with Crippen LogP contribution >= 0.6 is 23.4 Å². The fourth-order valence-electron chi connectivity index (χ4n) is 2.82. The number of halogens is 1. The topological polar surface area (TPSA) is 44.1 Å². The summed E-state index contributed by atoms with van der Waals surface area (Å²) >= 11 is 7.65. The minimum absolute atomic E-state index is 0.00581. The first-order chi connectivity index (χ1) is 11.1. The van der Waals surface area contributed by atoms with E-state index in [1.807, 2.05) is 13.8 Å². The van der Waals surface area contributed by atoms with Crippen LogP contribution < -0.4 is 5.56 Å². The fraction of sp³-hybridized carbons (Fsp3) is 0.529. The zero-order valence-corrected chi connectivity index (χ0v) is 15.0. The number of aromatic nitrogens is 2. The Bertz CT molecular complexity index is 754. The van der Waals surface area contributed by atoms with Crippen LogP contribution in [0.2, 0.25) is 5.02 Å². The molecule has 0 N–H and O–H groups in total. The van der Waals surface area contributed by atoms with Crippen LogP contribution in [0.4, 0.5) is 0 Å². The molecule has 1 atom stereocenters. The molecule has 2 heterocycles. The summed E-state index contributed by atoms with van der Waals surface area (Å²) in [6, 6.07) is 5.31. The Hall–Kier alpha value is -1.04. The Balaban J connectivity index is 1.96. The molecule has 1 aromatic heterocycles. The summed E-state index contributed by atoms with van der Waals surface area (Å²) in [5.41, 5.74) is 0.653. The average molecular weight is 353 g/mol. The summed E-state index contributed by atoms with van der Waals surface area (Å²) in [6.07, 6.45) is 3.69. The predicted octanol–water partition coefficient (Wildman–Crippen LogP) is 4.29. The number of rotatable bonds is 4. The number of benzene rings is 1. The van der Waals surface area contributed by atoms with E-state index in [1.54, 1.807) is 34.5 Å². The summed E-state index contributed by atoms with van der Waals surface area (Å²) in [6.45, 7) is 4.85. The van der Waals surface area contributed by atoms with Crippen molar-refractivity contribution in [1.29, 1.82) is 0 Å². The van der Waals surface area contributed by atoms with Crippen LogP contribution in [0.25, 0.3) is 10.9 Å². The van der Waals surface area contributed by atoms with Gasteiger partial charge in [-0.3, -0.25) is 9.36 Å². The first-order valence-corrected chi connectivity index (χ1v) is 9.39. The number of thioether (sulfide) groups is 1. The molecule has 0 aliphatic carbocycles. The minimum atomic E-state index is -0.00581. The summed E-state index contributed by atoms with van der Waals surface area (Å²) in [7, 11) is 0. The van der Waals surface area contributed by atoms with Crippen LogP contribution in [0.5, 0.6) is 0 Å². The van der Waals surface area contributed by atoms with E-state index >= 15 is 0 Å². The highest BCUT2D eigenvalue weighted by Crippen LogP contribution is 2.25. The summed E-state index contributed by atoms with van der Waals surface area (Å²) in [5, 5.41) is 1.95. The van der Waals surface area contributed by atoms with Crippen molar-refractivity contribution in [2.24, 2.45) is 0 Å². The first kappa shape index (κ1) is 16.8. The fourth-order valence-corrected chi connectivity index (χ4v) is 4.18. The van der Waals surface area contributed by atoms with Crippen molar-refractivity contribution < 1.29 is 4.74 Å². The maximum Gasteiger partial charge on any atom is 0.262 e. The predicted molar refractivity (Wildman–Crippen MR) is 95.7 cm³/mol. The minimum Gasteiger partial charge on any atom is -0.377 e. The lowest BCUT2D eigenvalue weighted by atomic mass is 10.1. The van der Waals surface area contributed by atoms with Crippen molar-refractivity contribution in [3.63, 3.8) is 0 Å². The molecular formula is C17H21ClN2O2S. The van der Waals surface area contributed by atoms with Crippen LogP contribution in [0.3, 0.4) is 0 Å². The molecule has 0 bridgehead atoms. The third kappa shape index (κ3) is 3.73. The van der Waals surface area contributed by atoms with Gasteiger partial charge in [-0.25, -0.2) is 4.98 Å². The third-order valence-corrected chi connectivity index (χ3v) is 5.34. The van der Waals surface area contributed by atoms with E-state index in [0.29, 0.717) is 15.9 Å². The Morgan fingerprint density at radius 2 is 2.26 bits per heavy atom. The molecule has 0 spiro atoms. The van der Waals surface area contributed by atoms with Gasteiger partial charge in [-0.2, -0.15) is 0 Å². The Morgan fingerprint density at radius 3 is 2.96 bits per heavy atom. The van der Waals surface area contributed by atoms with Crippen LogP contribution in [-0.2, 0) is 4.74 Å². The zero-order chi connectivity index (χ0) is 16.4. The smallest absolute Gasteiger partial charge is 0.262 e. The number of ether oxygens (including phenoxy) is 1. The van der Waals surface area contributed by atoms with E-state index in [4.69, 9.17) is 16.3 Å². The van der Waals surface area contributed by atoms with Crippen molar-refractivity contribution in [3.05, 3.63) is 33.6 Å². The summed E-state index contributed by atoms with van der Waals surface area (Å²) in [5.74, 6) is 0.825. The molecule has 0 saturated carbocycles. The van der Waals surface area contributed by atoms with Gasteiger partial charge in [0.15, 0.2) is 5.16 Å². The summed E-state index contributed by atoms with van der Waals surface area (Å²) in [4.78, 5) is 17.5. The summed E-state index contributed by atoms with van der Waals surface area (Å²) < 4.78 is 7.55. The lowest BCUT2D eigenvalue weighted by Crippen LogP contribution is -2.26. The highest BCUT2D eigenvalue weighted by atomic mass is 35.5. The second-order valence-electron chi connectivity index (χ2n) is 6.12. The molecule has 0 unspecified atom stereocenters. The molecule has 1 aromatic carbocycles. The van der Waals surface area contributed by atoms with Crippen LogP contribution in [0.15, 0.2) is 28.2 Å². The van der Waals surface area contributed by atoms with Gasteiger partial charge >= 0.3 is 0 Å². The number of nitrogens with zero attached hydrogens (tertiary/aromatic N) is 2.